The number of thiazole rings is 1. The molecular weight excluding hydrogens is 324 g/mol. The largest absolute Gasteiger partial charge is 0.465 e. The Hall–Kier alpha value is -2.99. The molecule has 1 amide bonds. The Labute approximate surface area is 142 Å². The molecule has 0 aliphatic rings. The average molecular weight is 338 g/mol. The molecule has 24 heavy (non-hydrogen) atoms. The monoisotopic (exact) mass is 338 g/mol. The van der Waals surface area contributed by atoms with E-state index in [0.717, 1.165) is 15.2 Å². The van der Waals surface area contributed by atoms with E-state index in [-0.39, 0.29) is 5.91 Å². The molecule has 0 fully saturated rings. The van der Waals surface area contributed by atoms with E-state index in [1.165, 1.54) is 24.5 Å². The highest BCUT2D eigenvalue weighted by atomic mass is 32.1. The van der Waals surface area contributed by atoms with Gasteiger partial charge in [0.05, 0.1) is 22.9 Å². The maximum atomic E-state index is 12.0. The Bertz CT molecular complexity index is 898. The van der Waals surface area contributed by atoms with Gasteiger partial charge >= 0.3 is 5.97 Å². The molecule has 0 aliphatic carbocycles. The molecule has 0 unspecified atom stereocenters. The minimum Gasteiger partial charge on any atom is -0.465 e. The normalized spacial score (nSPS) is 10.9. The van der Waals surface area contributed by atoms with Crippen molar-refractivity contribution in [2.75, 3.05) is 12.4 Å². The highest BCUT2D eigenvalue weighted by molar-refractivity contribution is 7.19. The van der Waals surface area contributed by atoms with E-state index in [2.05, 4.69) is 15.0 Å². The van der Waals surface area contributed by atoms with E-state index in [0.29, 0.717) is 11.3 Å². The Balaban J connectivity index is 1.70. The summed E-state index contributed by atoms with van der Waals surface area (Å²) in [7, 11) is 1.31. The molecule has 0 spiro atoms. The van der Waals surface area contributed by atoms with Gasteiger partial charge in [0, 0.05) is 11.8 Å². The third-order valence-corrected chi connectivity index (χ3v) is 4.24. The van der Waals surface area contributed by atoms with E-state index in [1.807, 2.05) is 24.3 Å². The Morgan fingerprint density at radius 1 is 1.17 bits per heavy atom. The molecule has 0 bridgehead atoms. The molecule has 0 atom stereocenters. The molecule has 3 rings (SSSR count). The fourth-order valence-electron chi connectivity index (χ4n) is 2.13. The minimum atomic E-state index is -0.448. The summed E-state index contributed by atoms with van der Waals surface area (Å²) in [6, 6.07) is 14.4. The van der Waals surface area contributed by atoms with Crippen molar-refractivity contribution in [2.45, 2.75) is 0 Å². The topological polar surface area (TPSA) is 68.3 Å². The molecule has 1 heterocycles. The lowest BCUT2D eigenvalue weighted by Gasteiger charge is -2.04. The number of nitrogens with zero attached hydrogens (tertiary/aromatic N) is 1. The van der Waals surface area contributed by atoms with Crippen LogP contribution >= 0.6 is 11.3 Å². The van der Waals surface area contributed by atoms with Gasteiger partial charge in [0.1, 0.15) is 5.01 Å². The number of aromatic nitrogens is 1. The van der Waals surface area contributed by atoms with E-state index < -0.39 is 5.97 Å². The van der Waals surface area contributed by atoms with Crippen molar-refractivity contribution in [3.8, 4) is 0 Å². The van der Waals surface area contributed by atoms with Crippen LogP contribution in [0, 0.1) is 0 Å². The lowest BCUT2D eigenvalue weighted by atomic mass is 10.2. The lowest BCUT2D eigenvalue weighted by Crippen LogP contribution is -2.09. The van der Waals surface area contributed by atoms with Crippen molar-refractivity contribution in [1.29, 1.82) is 0 Å². The van der Waals surface area contributed by atoms with Gasteiger partial charge in [-0.25, -0.2) is 9.78 Å². The van der Waals surface area contributed by atoms with Crippen LogP contribution in [-0.4, -0.2) is 24.0 Å². The van der Waals surface area contributed by atoms with Gasteiger partial charge < -0.3 is 10.1 Å². The van der Waals surface area contributed by atoms with Crippen LogP contribution in [0.4, 0.5) is 5.69 Å². The van der Waals surface area contributed by atoms with Crippen LogP contribution in [0.15, 0.2) is 54.6 Å². The summed E-state index contributed by atoms with van der Waals surface area (Å²) in [6.07, 6.45) is 3.09. The van der Waals surface area contributed by atoms with E-state index in [1.54, 1.807) is 30.3 Å². The number of anilines is 1. The van der Waals surface area contributed by atoms with Gasteiger partial charge in [-0.2, -0.15) is 0 Å². The minimum absolute atomic E-state index is 0.295. The van der Waals surface area contributed by atoms with Crippen LogP contribution in [0.2, 0.25) is 0 Å². The number of carbonyl (C=O) groups excluding carboxylic acids is 2. The van der Waals surface area contributed by atoms with E-state index in [4.69, 9.17) is 0 Å². The van der Waals surface area contributed by atoms with Crippen LogP contribution in [0.3, 0.4) is 0 Å². The number of rotatable bonds is 4. The number of esters is 1. The predicted molar refractivity (Wildman–Crippen MR) is 95.1 cm³/mol. The van der Waals surface area contributed by atoms with Gasteiger partial charge in [-0.05, 0) is 36.4 Å². The second-order valence-electron chi connectivity index (χ2n) is 4.91. The Kier molecular flexibility index (Phi) is 4.67. The molecule has 1 aromatic heterocycles. The van der Waals surface area contributed by atoms with Crippen LogP contribution in [0.5, 0.6) is 0 Å². The van der Waals surface area contributed by atoms with E-state index in [9.17, 15) is 9.59 Å². The molecule has 0 saturated carbocycles. The number of carbonyl (C=O) groups is 2. The van der Waals surface area contributed by atoms with Gasteiger partial charge in [-0.15, -0.1) is 11.3 Å². The number of methoxy groups -OCH3 is 1. The maximum absolute atomic E-state index is 12.0. The zero-order valence-corrected chi connectivity index (χ0v) is 13.7. The first-order chi connectivity index (χ1) is 11.7. The summed E-state index contributed by atoms with van der Waals surface area (Å²) in [5.74, 6) is -0.743. The molecule has 6 heteroatoms. The number of benzene rings is 2. The summed E-state index contributed by atoms with van der Waals surface area (Å²) >= 11 is 1.52. The SMILES string of the molecule is COC(=O)c1cccc(NC(=O)/C=C/c2nc3ccccc3s2)c1. The summed E-state index contributed by atoms with van der Waals surface area (Å²) in [5.41, 5.74) is 1.82. The smallest absolute Gasteiger partial charge is 0.337 e. The number of fused-ring (bicyclic) bond motifs is 1. The molecular formula is C18H14N2O3S. The van der Waals surface area contributed by atoms with Crippen molar-refractivity contribution in [2.24, 2.45) is 0 Å². The molecule has 1 N–H and O–H groups in total. The summed E-state index contributed by atoms with van der Waals surface area (Å²) in [6.45, 7) is 0. The lowest BCUT2D eigenvalue weighted by molar-refractivity contribution is -0.111. The van der Waals surface area contributed by atoms with Crippen LogP contribution < -0.4 is 5.32 Å². The summed E-state index contributed by atoms with van der Waals surface area (Å²) < 4.78 is 5.73. The van der Waals surface area contributed by atoms with Crippen LogP contribution in [0.25, 0.3) is 16.3 Å². The summed E-state index contributed by atoms with van der Waals surface area (Å²) in [4.78, 5) is 27.9. The Morgan fingerprint density at radius 3 is 2.79 bits per heavy atom. The van der Waals surface area contributed by atoms with Crippen LogP contribution in [-0.2, 0) is 9.53 Å². The second kappa shape index (κ2) is 7.06. The average Bonchev–Trinajstić information content (AvgIpc) is 3.02. The number of para-hydroxylation sites is 1. The first kappa shape index (κ1) is 15.9. The molecule has 2 aromatic carbocycles. The molecule has 0 radical (unpaired) electrons. The first-order valence-electron chi connectivity index (χ1n) is 7.19. The second-order valence-corrected chi connectivity index (χ2v) is 5.98. The quantitative estimate of drug-likeness (QED) is 0.581. The highest BCUT2D eigenvalue weighted by Crippen LogP contribution is 2.22. The molecule has 3 aromatic rings. The van der Waals surface area contributed by atoms with Crippen molar-refractivity contribution >= 4 is 45.2 Å². The van der Waals surface area contributed by atoms with Gasteiger partial charge in [-0.3, -0.25) is 4.79 Å². The van der Waals surface area contributed by atoms with Crippen molar-refractivity contribution in [3.05, 3.63) is 65.2 Å². The highest BCUT2D eigenvalue weighted by Gasteiger charge is 2.07. The zero-order chi connectivity index (χ0) is 16.9. The van der Waals surface area contributed by atoms with Crippen molar-refractivity contribution < 1.29 is 14.3 Å². The van der Waals surface area contributed by atoms with E-state index >= 15 is 0 Å². The Morgan fingerprint density at radius 2 is 2.00 bits per heavy atom. The van der Waals surface area contributed by atoms with Gasteiger partial charge in [0.15, 0.2) is 0 Å². The predicted octanol–water partition coefficient (Wildman–Crippen LogP) is 3.73. The molecule has 120 valence electrons. The third-order valence-electron chi connectivity index (χ3n) is 3.24. The standard InChI is InChI=1S/C18H14N2O3S/c1-23-18(22)12-5-4-6-13(11-12)19-16(21)9-10-17-20-14-7-2-3-8-15(14)24-17/h2-11H,1H3,(H,19,21)/b10-9+. The number of nitrogens with one attached hydrogen (secondary N) is 1. The third kappa shape index (κ3) is 3.67. The number of ether oxygens (including phenoxy) is 1. The number of hydrogen-bond acceptors (Lipinski definition) is 5. The fourth-order valence-corrected chi connectivity index (χ4v) is 3.00. The fraction of sp³-hybridized carbons (Fsp3) is 0.0556. The van der Waals surface area contributed by atoms with Gasteiger partial charge in [0.25, 0.3) is 0 Å². The number of amides is 1. The molecule has 5 nitrogen and oxygen atoms in total. The zero-order valence-electron chi connectivity index (χ0n) is 12.9. The molecule has 0 saturated heterocycles. The maximum Gasteiger partial charge on any atom is 0.337 e. The van der Waals surface area contributed by atoms with Crippen molar-refractivity contribution in [1.82, 2.24) is 4.98 Å². The van der Waals surface area contributed by atoms with Gasteiger partial charge in [0.2, 0.25) is 5.91 Å². The first-order valence-corrected chi connectivity index (χ1v) is 8.00. The number of hydrogen-bond donors (Lipinski definition) is 1. The van der Waals surface area contributed by atoms with Crippen molar-refractivity contribution in [3.63, 3.8) is 0 Å². The van der Waals surface area contributed by atoms with Gasteiger partial charge in [-0.1, -0.05) is 18.2 Å². The van der Waals surface area contributed by atoms with Crippen LogP contribution in [0.1, 0.15) is 15.4 Å². The summed E-state index contributed by atoms with van der Waals surface area (Å²) in [5, 5.41) is 3.47. The molecule has 0 aliphatic heterocycles.